The van der Waals surface area contributed by atoms with Crippen LogP contribution >= 0.6 is 0 Å². The molecule has 2 aliphatic rings. The van der Waals surface area contributed by atoms with Gasteiger partial charge in [0.05, 0.1) is 35.0 Å². The van der Waals surface area contributed by atoms with E-state index in [9.17, 15) is 27.2 Å². The highest BCUT2D eigenvalue weighted by atomic mass is 19.4. The Morgan fingerprint density at radius 1 is 1.05 bits per heavy atom. The Kier molecular flexibility index (Phi) is 7.09. The number of rotatable bonds is 5. The smallest absolute Gasteiger partial charge is 0.348 e. The number of carbonyl (C=O) groups is 1. The Morgan fingerprint density at radius 3 is 2.38 bits per heavy atom. The number of nitrogens with one attached hydrogen (secondary N) is 1. The molecule has 0 saturated carbocycles. The van der Waals surface area contributed by atoms with Gasteiger partial charge in [-0.05, 0) is 62.1 Å². The predicted molar refractivity (Wildman–Crippen MR) is 139 cm³/mol. The molecule has 3 aromatic rings. The van der Waals surface area contributed by atoms with Crippen LogP contribution in [-0.4, -0.2) is 40.1 Å². The standard InChI is InChI=1S/C28H29F4N5O2/c1-17-5-10-21(23(29)15-17)25(38)35-14-11-24-22(16-35)26(39)37(36-12-3-4-13-36)27(34-24)33-18(2)19-6-8-20(9-7-19)28(30,31)32/h5-10,15,18H,3-4,11-14,16H2,1-2H3,(H,33,34). The molecule has 3 heterocycles. The first kappa shape index (κ1) is 26.7. The number of carbonyl (C=O) groups excluding carboxylic acids is 1. The van der Waals surface area contributed by atoms with Crippen LogP contribution in [0.5, 0.6) is 0 Å². The van der Waals surface area contributed by atoms with Crippen molar-refractivity contribution in [3.8, 4) is 0 Å². The summed E-state index contributed by atoms with van der Waals surface area (Å²) in [6.45, 7) is 5.09. The van der Waals surface area contributed by atoms with Gasteiger partial charge in [-0.1, -0.05) is 18.2 Å². The van der Waals surface area contributed by atoms with Crippen molar-refractivity contribution in [3.63, 3.8) is 0 Å². The lowest BCUT2D eigenvalue weighted by Gasteiger charge is -2.32. The summed E-state index contributed by atoms with van der Waals surface area (Å²) in [5.74, 6) is -0.781. The number of aryl methyl sites for hydroxylation is 1. The minimum Gasteiger partial charge on any atom is -0.348 e. The Hall–Kier alpha value is -3.89. The van der Waals surface area contributed by atoms with E-state index in [0.717, 1.165) is 25.0 Å². The van der Waals surface area contributed by atoms with Crippen molar-refractivity contribution in [2.24, 2.45) is 0 Å². The highest BCUT2D eigenvalue weighted by molar-refractivity contribution is 5.94. The molecule has 11 heteroatoms. The maximum Gasteiger partial charge on any atom is 0.416 e. The fourth-order valence-corrected chi connectivity index (χ4v) is 5.10. The Morgan fingerprint density at radius 2 is 1.74 bits per heavy atom. The van der Waals surface area contributed by atoms with Crippen molar-refractivity contribution < 1.29 is 22.4 Å². The van der Waals surface area contributed by atoms with Gasteiger partial charge in [-0.3, -0.25) is 9.59 Å². The normalized spacial score (nSPS) is 16.3. The van der Waals surface area contributed by atoms with E-state index in [4.69, 9.17) is 4.98 Å². The number of halogens is 4. The van der Waals surface area contributed by atoms with Gasteiger partial charge in [0.15, 0.2) is 0 Å². The molecular formula is C28H29F4N5O2. The van der Waals surface area contributed by atoms with Crippen molar-refractivity contribution in [1.82, 2.24) is 14.6 Å². The summed E-state index contributed by atoms with van der Waals surface area (Å²) in [5.41, 5.74) is 1.15. The van der Waals surface area contributed by atoms with Gasteiger partial charge in [0, 0.05) is 26.1 Å². The maximum absolute atomic E-state index is 14.5. The second-order valence-electron chi connectivity index (χ2n) is 10.1. The summed E-state index contributed by atoms with van der Waals surface area (Å²) in [4.78, 5) is 33.1. The van der Waals surface area contributed by atoms with Crippen LogP contribution in [0.1, 0.15) is 64.1 Å². The minimum atomic E-state index is -4.42. The fourth-order valence-electron chi connectivity index (χ4n) is 5.10. The molecule has 1 atom stereocenters. The molecule has 0 bridgehead atoms. The number of nitrogens with zero attached hydrogens (tertiary/aromatic N) is 4. The zero-order valence-electron chi connectivity index (χ0n) is 21.7. The zero-order chi connectivity index (χ0) is 27.9. The van der Waals surface area contributed by atoms with Gasteiger partial charge in [-0.25, -0.2) is 9.37 Å². The highest BCUT2D eigenvalue weighted by Crippen LogP contribution is 2.30. The monoisotopic (exact) mass is 543 g/mol. The molecular weight excluding hydrogens is 514 g/mol. The van der Waals surface area contributed by atoms with Crippen LogP contribution < -0.4 is 15.9 Å². The van der Waals surface area contributed by atoms with Gasteiger partial charge in [0.25, 0.3) is 11.5 Å². The number of aromatic nitrogens is 2. The molecule has 1 aromatic heterocycles. The third kappa shape index (κ3) is 5.35. The third-order valence-electron chi connectivity index (χ3n) is 7.30. The second-order valence-corrected chi connectivity index (χ2v) is 10.1. The average Bonchev–Trinajstić information content (AvgIpc) is 3.42. The number of anilines is 1. The van der Waals surface area contributed by atoms with Crippen LogP contribution in [-0.2, 0) is 19.1 Å². The zero-order valence-corrected chi connectivity index (χ0v) is 21.7. The third-order valence-corrected chi connectivity index (χ3v) is 7.30. The van der Waals surface area contributed by atoms with E-state index in [2.05, 4.69) is 5.32 Å². The number of hydrogen-bond donors (Lipinski definition) is 1. The van der Waals surface area contributed by atoms with Crippen LogP contribution in [0.2, 0.25) is 0 Å². The molecule has 2 aliphatic heterocycles. The van der Waals surface area contributed by atoms with Crippen molar-refractivity contribution in [2.45, 2.75) is 51.9 Å². The molecule has 1 unspecified atom stereocenters. The molecule has 1 N–H and O–H groups in total. The molecule has 0 aliphatic carbocycles. The Bertz CT molecular complexity index is 1450. The van der Waals surface area contributed by atoms with Gasteiger partial charge >= 0.3 is 6.18 Å². The van der Waals surface area contributed by atoms with Crippen molar-refractivity contribution in [1.29, 1.82) is 0 Å². The molecule has 1 fully saturated rings. The quantitative estimate of drug-likeness (QED) is 0.468. The van der Waals surface area contributed by atoms with Crippen LogP contribution in [0.15, 0.2) is 47.3 Å². The van der Waals surface area contributed by atoms with Crippen LogP contribution in [0, 0.1) is 12.7 Å². The molecule has 206 valence electrons. The molecule has 1 saturated heterocycles. The van der Waals surface area contributed by atoms with Crippen LogP contribution in [0.3, 0.4) is 0 Å². The lowest BCUT2D eigenvalue weighted by atomic mass is 10.0. The number of benzene rings is 2. The number of alkyl halides is 3. The first-order chi connectivity index (χ1) is 18.5. The summed E-state index contributed by atoms with van der Waals surface area (Å²) in [5, 5.41) is 5.11. The Labute approximate surface area is 223 Å². The van der Waals surface area contributed by atoms with Crippen molar-refractivity contribution >= 4 is 11.9 Å². The van der Waals surface area contributed by atoms with Gasteiger partial charge in [0.2, 0.25) is 5.95 Å². The lowest BCUT2D eigenvalue weighted by Crippen LogP contribution is -2.47. The van der Waals surface area contributed by atoms with E-state index in [1.54, 1.807) is 19.9 Å². The van der Waals surface area contributed by atoms with Gasteiger partial charge in [0.1, 0.15) is 5.82 Å². The summed E-state index contributed by atoms with van der Waals surface area (Å²) in [6, 6.07) is 8.88. The van der Waals surface area contributed by atoms with E-state index in [-0.39, 0.29) is 24.2 Å². The fraction of sp³-hybridized carbons (Fsp3) is 0.393. The molecule has 7 nitrogen and oxygen atoms in total. The summed E-state index contributed by atoms with van der Waals surface area (Å²) < 4.78 is 55.0. The van der Waals surface area contributed by atoms with Crippen LogP contribution in [0.25, 0.3) is 0 Å². The van der Waals surface area contributed by atoms with E-state index in [1.165, 1.54) is 33.8 Å². The first-order valence-electron chi connectivity index (χ1n) is 12.9. The highest BCUT2D eigenvalue weighted by Gasteiger charge is 2.32. The second kappa shape index (κ2) is 10.3. The molecule has 39 heavy (non-hydrogen) atoms. The topological polar surface area (TPSA) is 70.5 Å². The lowest BCUT2D eigenvalue weighted by molar-refractivity contribution is -0.137. The first-order valence-corrected chi connectivity index (χ1v) is 12.9. The van der Waals surface area contributed by atoms with Gasteiger partial charge in [-0.15, -0.1) is 0 Å². The van der Waals surface area contributed by atoms with Crippen molar-refractivity contribution in [3.05, 3.63) is 92.1 Å². The molecule has 0 radical (unpaired) electrons. The van der Waals surface area contributed by atoms with Crippen molar-refractivity contribution in [2.75, 3.05) is 30.0 Å². The largest absolute Gasteiger partial charge is 0.416 e. The summed E-state index contributed by atoms with van der Waals surface area (Å²) >= 11 is 0. The van der Waals surface area contributed by atoms with E-state index >= 15 is 0 Å². The summed E-state index contributed by atoms with van der Waals surface area (Å²) in [7, 11) is 0. The maximum atomic E-state index is 14.5. The predicted octanol–water partition coefficient (Wildman–Crippen LogP) is 4.81. The molecule has 5 rings (SSSR count). The molecule has 2 aromatic carbocycles. The SMILES string of the molecule is Cc1ccc(C(=O)N2CCc3nc(NC(C)c4ccc(C(F)(F)F)cc4)n(N4CCCC4)c(=O)c3C2)c(F)c1. The molecule has 0 spiro atoms. The molecule has 1 amide bonds. The van der Waals surface area contributed by atoms with E-state index in [0.29, 0.717) is 47.8 Å². The van der Waals surface area contributed by atoms with E-state index in [1.807, 2.05) is 5.01 Å². The van der Waals surface area contributed by atoms with Crippen LogP contribution in [0.4, 0.5) is 23.5 Å². The Balaban J connectivity index is 1.45. The van der Waals surface area contributed by atoms with E-state index < -0.39 is 29.5 Å². The number of hydrogen-bond acceptors (Lipinski definition) is 5. The average molecular weight is 544 g/mol. The number of fused-ring (bicyclic) bond motifs is 1. The van der Waals surface area contributed by atoms with Gasteiger partial charge < -0.3 is 15.2 Å². The summed E-state index contributed by atoms with van der Waals surface area (Å²) in [6.07, 6.45) is -2.32. The number of amides is 1. The minimum absolute atomic E-state index is 0.00982. The van der Waals surface area contributed by atoms with Gasteiger partial charge in [-0.2, -0.15) is 17.8 Å².